The van der Waals surface area contributed by atoms with E-state index in [1.54, 1.807) is 6.92 Å². The molecule has 0 rings (SSSR count). The summed E-state index contributed by atoms with van der Waals surface area (Å²) in [6, 6.07) is 0. The van der Waals surface area contributed by atoms with Crippen LogP contribution in [0.3, 0.4) is 0 Å². The summed E-state index contributed by atoms with van der Waals surface area (Å²) in [5.74, 6) is 0.341. The van der Waals surface area contributed by atoms with Crippen molar-refractivity contribution < 1.29 is 4.79 Å². The van der Waals surface area contributed by atoms with Crippen LogP contribution < -0.4 is 0 Å². The van der Waals surface area contributed by atoms with Crippen LogP contribution in [-0.4, -0.2) is 21.0 Å². The first kappa shape index (κ1) is 8.20. The highest BCUT2D eigenvalue weighted by Crippen LogP contribution is 1.99. The molecule has 0 fully saturated rings. The lowest BCUT2D eigenvalue weighted by molar-refractivity contribution is -0.114. The third kappa shape index (κ3) is 6.20. The molecule has 2 heteroatoms. The molecule has 0 heterocycles. The molecule has 0 aliphatic carbocycles. The number of rotatable bonds is 3. The first-order chi connectivity index (χ1) is 3.63. The minimum atomic E-state index is 0.341. The number of hydrogen-bond donors (Lipinski definition) is 0. The standard InChI is InChI=1S/C3H5O.C3H7.Al/c1-3(2)4;1-3-2;/h1H2,2H3;3H,1-2H3;. The van der Waals surface area contributed by atoms with Crippen molar-refractivity contribution >= 4 is 21.0 Å². The zero-order valence-corrected chi connectivity index (χ0v) is 6.92. The number of carbonyl (C=O) groups excluding carboxylic acids is 1. The van der Waals surface area contributed by atoms with E-state index < -0.39 is 0 Å². The first-order valence-electron chi connectivity index (χ1n) is 2.95. The van der Waals surface area contributed by atoms with Gasteiger partial charge >= 0.3 is 0 Å². The summed E-state index contributed by atoms with van der Waals surface area (Å²) in [5.41, 5.74) is 0. The van der Waals surface area contributed by atoms with Gasteiger partial charge in [-0.2, -0.15) is 0 Å². The Morgan fingerprint density at radius 3 is 2.25 bits per heavy atom. The Balaban J connectivity index is 3.05. The second-order valence-electron chi connectivity index (χ2n) is 2.39. The smallest absolute Gasteiger partial charge is 0.216 e. The van der Waals surface area contributed by atoms with E-state index in [1.165, 1.54) is 0 Å². The molecule has 0 bridgehead atoms. The second-order valence-corrected chi connectivity index (χ2v) is 4.60. The van der Waals surface area contributed by atoms with Crippen LogP contribution in [0.25, 0.3) is 0 Å². The van der Waals surface area contributed by atoms with Crippen LogP contribution in [0.15, 0.2) is 0 Å². The van der Waals surface area contributed by atoms with Crippen molar-refractivity contribution in [3.8, 4) is 0 Å². The molecule has 0 amide bonds. The maximum atomic E-state index is 10.4. The van der Waals surface area contributed by atoms with Crippen molar-refractivity contribution in [2.75, 3.05) is 0 Å². The normalized spacial score (nSPS) is 9.50. The molecule has 0 aliphatic rings. The van der Waals surface area contributed by atoms with Gasteiger partial charge in [0.25, 0.3) is 0 Å². The van der Waals surface area contributed by atoms with Gasteiger partial charge in [0.05, 0.1) is 0 Å². The van der Waals surface area contributed by atoms with Crippen molar-refractivity contribution in [1.82, 2.24) is 0 Å². The van der Waals surface area contributed by atoms with Crippen LogP contribution in [0, 0.1) is 0 Å². The highest BCUT2D eigenvalue weighted by Gasteiger charge is 1.99. The van der Waals surface area contributed by atoms with E-state index in [0.717, 1.165) is 10.1 Å². The molecule has 0 unspecified atom stereocenters. The van der Waals surface area contributed by atoms with Crippen molar-refractivity contribution in [2.24, 2.45) is 0 Å². The van der Waals surface area contributed by atoms with Crippen LogP contribution in [-0.2, 0) is 4.79 Å². The summed E-state index contributed by atoms with van der Waals surface area (Å²) in [5, 5.41) is 0.831. The summed E-state index contributed by atoms with van der Waals surface area (Å²) in [4.78, 5) is 10.4. The highest BCUT2D eigenvalue weighted by atomic mass is 27.1. The van der Waals surface area contributed by atoms with Crippen molar-refractivity contribution in [1.29, 1.82) is 0 Å². The van der Waals surface area contributed by atoms with Gasteiger partial charge in [0, 0.05) is 0 Å². The quantitative estimate of drug-likeness (QED) is 0.525. The zero-order valence-electron chi connectivity index (χ0n) is 5.77. The van der Waals surface area contributed by atoms with Gasteiger partial charge in [-0.25, -0.2) is 0 Å². The van der Waals surface area contributed by atoms with Crippen molar-refractivity contribution in [3.05, 3.63) is 0 Å². The molecule has 0 N–H and O–H groups in total. The van der Waals surface area contributed by atoms with E-state index in [4.69, 9.17) is 0 Å². The number of ketones is 1. The molecular weight excluding hydrogens is 115 g/mol. The fraction of sp³-hybridized carbons (Fsp3) is 0.833. The van der Waals surface area contributed by atoms with E-state index in [2.05, 4.69) is 13.8 Å². The van der Waals surface area contributed by atoms with Gasteiger partial charge in [-0.05, 0) is 12.2 Å². The Morgan fingerprint density at radius 2 is 2.12 bits per heavy atom. The summed E-state index contributed by atoms with van der Waals surface area (Å²) in [7, 11) is 0. The van der Waals surface area contributed by atoms with E-state index in [9.17, 15) is 4.79 Å². The van der Waals surface area contributed by atoms with Crippen molar-refractivity contribution in [2.45, 2.75) is 30.8 Å². The maximum absolute atomic E-state index is 10.4. The molecule has 0 aromatic carbocycles. The SMILES string of the molecule is CC(=O)[CH2][Al][CH](C)C. The lowest BCUT2D eigenvalue weighted by atomic mass is 10.5. The molecule has 0 spiro atoms. The fourth-order valence-corrected chi connectivity index (χ4v) is 1.20. The predicted octanol–water partition coefficient (Wildman–Crippen LogP) is 1.53. The molecule has 8 heavy (non-hydrogen) atoms. The van der Waals surface area contributed by atoms with Gasteiger partial charge in [0.15, 0.2) is 0 Å². The van der Waals surface area contributed by atoms with Crippen LogP contribution in [0.4, 0.5) is 0 Å². The summed E-state index contributed by atoms with van der Waals surface area (Å²) < 4.78 is 0.749. The van der Waals surface area contributed by atoms with E-state index in [0.29, 0.717) is 21.0 Å². The van der Waals surface area contributed by atoms with Gasteiger partial charge in [-0.1, -0.05) is 18.6 Å². The van der Waals surface area contributed by atoms with Crippen LogP contribution in [0.1, 0.15) is 20.8 Å². The van der Waals surface area contributed by atoms with Crippen LogP contribution in [0.2, 0.25) is 10.1 Å². The Hall–Kier alpha value is 0.202. The van der Waals surface area contributed by atoms with Gasteiger partial charge in [0.2, 0.25) is 15.2 Å². The monoisotopic (exact) mass is 127 g/mol. The first-order valence-corrected chi connectivity index (χ1v) is 4.44. The van der Waals surface area contributed by atoms with Crippen LogP contribution >= 0.6 is 0 Å². The minimum Gasteiger partial charge on any atom is -0.301 e. The Labute approximate surface area is 57.2 Å². The van der Waals surface area contributed by atoms with E-state index >= 15 is 0 Å². The predicted molar refractivity (Wildman–Crippen MR) is 36.3 cm³/mol. The van der Waals surface area contributed by atoms with Gasteiger partial charge < -0.3 is 4.79 Å². The molecule has 0 saturated carbocycles. The molecule has 0 aromatic rings. The molecular formula is C6H12AlO. The Bertz CT molecular complexity index is 78.6. The third-order valence-corrected chi connectivity index (χ3v) is 2.63. The number of carbonyl (C=O) groups is 1. The Kier molecular flexibility index (Phi) is 4.22. The Morgan fingerprint density at radius 1 is 1.62 bits per heavy atom. The van der Waals surface area contributed by atoms with Gasteiger partial charge in [-0.15, -0.1) is 0 Å². The largest absolute Gasteiger partial charge is 0.301 e. The van der Waals surface area contributed by atoms with Crippen molar-refractivity contribution in [3.63, 3.8) is 0 Å². The summed E-state index contributed by atoms with van der Waals surface area (Å²) in [6.45, 7) is 5.99. The van der Waals surface area contributed by atoms with E-state index in [-0.39, 0.29) is 0 Å². The topological polar surface area (TPSA) is 17.1 Å². The summed E-state index contributed by atoms with van der Waals surface area (Å²) in [6.07, 6.45) is 0. The molecule has 1 radical (unpaired) electrons. The lowest BCUT2D eigenvalue weighted by Gasteiger charge is -1.95. The van der Waals surface area contributed by atoms with Crippen LogP contribution in [0.5, 0.6) is 0 Å². The van der Waals surface area contributed by atoms with Gasteiger partial charge in [-0.3, -0.25) is 0 Å². The highest BCUT2D eigenvalue weighted by molar-refractivity contribution is 6.42. The molecule has 0 saturated heterocycles. The number of hydrogen-bond acceptors (Lipinski definition) is 1. The molecule has 0 atom stereocenters. The summed E-state index contributed by atoms with van der Waals surface area (Å²) >= 11 is 0.384. The number of Topliss-reactive ketones (excluding diaryl/α,β-unsaturated/α-hetero) is 1. The molecule has 1 nitrogen and oxygen atoms in total. The maximum Gasteiger partial charge on any atom is 0.216 e. The third-order valence-electron chi connectivity index (χ3n) is 0.877. The zero-order chi connectivity index (χ0) is 6.57. The molecule has 0 aromatic heterocycles. The fourth-order valence-electron chi connectivity index (χ4n) is 0.402. The molecule has 0 aliphatic heterocycles. The van der Waals surface area contributed by atoms with E-state index in [1.807, 2.05) is 0 Å². The molecule has 45 valence electrons. The average molecular weight is 127 g/mol. The average Bonchev–Trinajstić information content (AvgIpc) is 1.61. The lowest BCUT2D eigenvalue weighted by Crippen LogP contribution is -2.00. The van der Waals surface area contributed by atoms with Gasteiger partial charge in [0.1, 0.15) is 5.78 Å². The second kappa shape index (κ2) is 4.12. The minimum absolute atomic E-state index is 0.341.